The number of carbonyl (C=O) groups excluding carboxylic acids is 1. The average molecular weight is 210 g/mol. The Labute approximate surface area is 92.5 Å². The summed E-state index contributed by atoms with van der Waals surface area (Å²) in [6.07, 6.45) is 4.04. The van der Waals surface area contributed by atoms with Crippen LogP contribution in [-0.4, -0.2) is 37.0 Å². The molecule has 0 radical (unpaired) electrons. The number of hydrogen-bond acceptors (Lipinski definition) is 2. The molecule has 0 spiro atoms. The molecule has 3 heteroatoms. The van der Waals surface area contributed by atoms with Crippen molar-refractivity contribution in [2.24, 2.45) is 0 Å². The number of carbonyl (C=O) groups is 1. The van der Waals surface area contributed by atoms with E-state index in [1.807, 2.05) is 4.90 Å². The Morgan fingerprint density at radius 1 is 1.53 bits per heavy atom. The van der Waals surface area contributed by atoms with Crippen molar-refractivity contribution in [3.8, 4) is 0 Å². The van der Waals surface area contributed by atoms with E-state index in [1.54, 1.807) is 0 Å². The maximum Gasteiger partial charge on any atom is 0.222 e. The van der Waals surface area contributed by atoms with Crippen molar-refractivity contribution in [2.75, 3.05) is 26.2 Å². The van der Waals surface area contributed by atoms with Gasteiger partial charge in [-0.15, -0.1) is 0 Å². The minimum atomic E-state index is 0.290. The largest absolute Gasteiger partial charge is 0.339 e. The van der Waals surface area contributed by atoms with Gasteiger partial charge in [0.15, 0.2) is 0 Å². The van der Waals surface area contributed by atoms with Crippen LogP contribution in [0.15, 0.2) is 12.2 Å². The van der Waals surface area contributed by atoms with E-state index in [0.717, 1.165) is 57.4 Å². The van der Waals surface area contributed by atoms with Crippen LogP contribution in [0.4, 0.5) is 0 Å². The maximum atomic E-state index is 11.5. The fourth-order valence-electron chi connectivity index (χ4n) is 1.80. The second kappa shape index (κ2) is 6.62. The summed E-state index contributed by atoms with van der Waals surface area (Å²) in [5.41, 5.74) is 1.11. The molecular formula is C12H22N2O. The summed E-state index contributed by atoms with van der Waals surface area (Å²) in [4.78, 5) is 13.5. The molecule has 0 aromatic carbocycles. The van der Waals surface area contributed by atoms with Gasteiger partial charge in [-0.25, -0.2) is 0 Å². The lowest BCUT2D eigenvalue weighted by molar-refractivity contribution is -0.132. The molecule has 0 atom stereocenters. The van der Waals surface area contributed by atoms with Gasteiger partial charge in [0.05, 0.1) is 0 Å². The average Bonchev–Trinajstić information content (AvgIpc) is 2.22. The Bertz CT molecular complexity index is 226. The molecule has 0 saturated carbocycles. The van der Waals surface area contributed by atoms with Crippen LogP contribution >= 0.6 is 0 Å². The lowest BCUT2D eigenvalue weighted by Crippen LogP contribution is -2.37. The number of piperidine rings is 1. The minimum Gasteiger partial charge on any atom is -0.339 e. The Morgan fingerprint density at radius 3 is 3.00 bits per heavy atom. The van der Waals surface area contributed by atoms with Gasteiger partial charge in [-0.1, -0.05) is 13.5 Å². The first-order chi connectivity index (χ1) is 7.24. The maximum absolute atomic E-state index is 11.5. The molecule has 1 N–H and O–H groups in total. The van der Waals surface area contributed by atoms with Crippen molar-refractivity contribution in [3.05, 3.63) is 12.2 Å². The molecule has 86 valence electrons. The second-order valence-electron chi connectivity index (χ2n) is 4.20. The molecule has 3 nitrogen and oxygen atoms in total. The summed E-state index contributed by atoms with van der Waals surface area (Å²) in [5.74, 6) is 0.290. The molecule has 0 aliphatic carbocycles. The van der Waals surface area contributed by atoms with Crippen LogP contribution in [-0.2, 0) is 4.79 Å². The van der Waals surface area contributed by atoms with Crippen LogP contribution in [0, 0.1) is 0 Å². The van der Waals surface area contributed by atoms with E-state index in [9.17, 15) is 4.79 Å². The first-order valence-corrected chi connectivity index (χ1v) is 5.89. The number of likely N-dealkylation sites (tertiary alicyclic amines) is 1. The summed E-state index contributed by atoms with van der Waals surface area (Å²) in [6, 6.07) is 0. The molecule has 1 saturated heterocycles. The first kappa shape index (κ1) is 12.2. The first-order valence-electron chi connectivity index (χ1n) is 5.89. The van der Waals surface area contributed by atoms with Gasteiger partial charge in [-0.2, -0.15) is 0 Å². The molecule has 1 aliphatic rings. The molecule has 1 fully saturated rings. The number of nitrogens with zero attached hydrogens (tertiary/aromatic N) is 1. The summed E-state index contributed by atoms with van der Waals surface area (Å²) in [5, 5.41) is 3.30. The smallest absolute Gasteiger partial charge is 0.222 e. The number of nitrogens with one attached hydrogen (secondary N) is 1. The molecule has 0 unspecified atom stereocenters. The SMILES string of the molecule is C=C(CNCCC)CN1CCCCC1=O. The zero-order valence-corrected chi connectivity index (χ0v) is 9.72. The van der Waals surface area contributed by atoms with Crippen molar-refractivity contribution in [1.29, 1.82) is 0 Å². The Balaban J connectivity index is 2.21. The van der Waals surface area contributed by atoms with E-state index in [-0.39, 0.29) is 5.91 Å². The van der Waals surface area contributed by atoms with Crippen molar-refractivity contribution in [3.63, 3.8) is 0 Å². The van der Waals surface area contributed by atoms with E-state index in [0.29, 0.717) is 0 Å². The third kappa shape index (κ3) is 4.47. The van der Waals surface area contributed by atoms with Crippen molar-refractivity contribution in [1.82, 2.24) is 10.2 Å². The van der Waals surface area contributed by atoms with Crippen LogP contribution in [0.2, 0.25) is 0 Å². The van der Waals surface area contributed by atoms with E-state index in [4.69, 9.17) is 0 Å². The summed E-state index contributed by atoms with van der Waals surface area (Å²) in [7, 11) is 0. The lowest BCUT2D eigenvalue weighted by atomic mass is 10.1. The van der Waals surface area contributed by atoms with Crippen molar-refractivity contribution < 1.29 is 4.79 Å². The highest BCUT2D eigenvalue weighted by Crippen LogP contribution is 2.11. The van der Waals surface area contributed by atoms with Crippen LogP contribution < -0.4 is 5.32 Å². The van der Waals surface area contributed by atoms with Gasteiger partial charge < -0.3 is 10.2 Å². The fraction of sp³-hybridized carbons (Fsp3) is 0.750. The summed E-state index contributed by atoms with van der Waals surface area (Å²) < 4.78 is 0. The lowest BCUT2D eigenvalue weighted by Gasteiger charge is -2.27. The van der Waals surface area contributed by atoms with Gasteiger partial charge in [-0.3, -0.25) is 4.79 Å². The van der Waals surface area contributed by atoms with E-state index < -0.39 is 0 Å². The molecule has 15 heavy (non-hydrogen) atoms. The molecule has 0 aromatic rings. The third-order valence-electron chi connectivity index (χ3n) is 2.64. The Hall–Kier alpha value is -0.830. The number of hydrogen-bond donors (Lipinski definition) is 1. The van der Waals surface area contributed by atoms with Crippen LogP contribution in [0.1, 0.15) is 32.6 Å². The van der Waals surface area contributed by atoms with Crippen LogP contribution in [0.5, 0.6) is 0 Å². The van der Waals surface area contributed by atoms with Gasteiger partial charge >= 0.3 is 0 Å². The van der Waals surface area contributed by atoms with Crippen LogP contribution in [0.3, 0.4) is 0 Å². The molecule has 0 aromatic heterocycles. The Morgan fingerprint density at radius 2 is 2.33 bits per heavy atom. The van der Waals surface area contributed by atoms with E-state index >= 15 is 0 Å². The zero-order valence-electron chi connectivity index (χ0n) is 9.72. The van der Waals surface area contributed by atoms with Gasteiger partial charge in [0.25, 0.3) is 0 Å². The van der Waals surface area contributed by atoms with E-state index in [1.165, 1.54) is 0 Å². The Kier molecular flexibility index (Phi) is 5.40. The normalized spacial score (nSPS) is 16.9. The van der Waals surface area contributed by atoms with Gasteiger partial charge in [0, 0.05) is 26.1 Å². The van der Waals surface area contributed by atoms with E-state index in [2.05, 4.69) is 18.8 Å². The molecule has 1 aliphatic heterocycles. The highest BCUT2D eigenvalue weighted by Gasteiger charge is 2.17. The highest BCUT2D eigenvalue weighted by molar-refractivity contribution is 5.77. The summed E-state index contributed by atoms with van der Waals surface area (Å²) in [6.45, 7) is 9.63. The van der Waals surface area contributed by atoms with Crippen LogP contribution in [0.25, 0.3) is 0 Å². The zero-order chi connectivity index (χ0) is 11.1. The third-order valence-corrected chi connectivity index (χ3v) is 2.64. The molecule has 0 bridgehead atoms. The quantitative estimate of drug-likeness (QED) is 0.533. The molecule has 1 rings (SSSR count). The second-order valence-corrected chi connectivity index (χ2v) is 4.20. The number of amides is 1. The molecule has 1 heterocycles. The fourth-order valence-corrected chi connectivity index (χ4v) is 1.80. The predicted molar refractivity (Wildman–Crippen MR) is 62.7 cm³/mol. The highest BCUT2D eigenvalue weighted by atomic mass is 16.2. The van der Waals surface area contributed by atoms with Gasteiger partial charge in [0.2, 0.25) is 5.91 Å². The van der Waals surface area contributed by atoms with Crippen molar-refractivity contribution in [2.45, 2.75) is 32.6 Å². The molecular weight excluding hydrogens is 188 g/mol. The predicted octanol–water partition coefficient (Wildman–Crippen LogP) is 1.55. The topological polar surface area (TPSA) is 32.3 Å². The van der Waals surface area contributed by atoms with Crippen molar-refractivity contribution >= 4 is 5.91 Å². The minimum absolute atomic E-state index is 0.290. The van der Waals surface area contributed by atoms with Gasteiger partial charge in [-0.05, 0) is 31.4 Å². The summed E-state index contributed by atoms with van der Waals surface area (Å²) >= 11 is 0. The number of rotatable bonds is 6. The van der Waals surface area contributed by atoms with Gasteiger partial charge in [0.1, 0.15) is 0 Å². The monoisotopic (exact) mass is 210 g/mol. The standard InChI is InChI=1S/C12H22N2O/c1-3-7-13-9-11(2)10-14-8-5-4-6-12(14)15/h13H,2-10H2,1H3. The molecule has 1 amide bonds.